The third kappa shape index (κ3) is 8.70. The van der Waals surface area contributed by atoms with Crippen LogP contribution in [0.5, 0.6) is 11.5 Å². The quantitative estimate of drug-likeness (QED) is 0.244. The normalized spacial score (nSPS) is 21.4. The fourth-order valence-corrected chi connectivity index (χ4v) is 6.48. The van der Waals surface area contributed by atoms with E-state index in [1.54, 1.807) is 38.4 Å². The third-order valence-corrected chi connectivity index (χ3v) is 9.51. The minimum absolute atomic E-state index is 0.203. The van der Waals surface area contributed by atoms with Crippen LogP contribution in [0.25, 0.3) is 6.08 Å². The lowest BCUT2D eigenvalue weighted by atomic mass is 9.97. The predicted molar refractivity (Wildman–Crippen MR) is 191 cm³/mol. The number of ether oxygens (including phenoxy) is 2. The van der Waals surface area contributed by atoms with Crippen LogP contribution in [0.4, 0.5) is 0 Å². The zero-order valence-electron chi connectivity index (χ0n) is 29.1. The Kier molecular flexibility index (Phi) is 12.3. The van der Waals surface area contributed by atoms with E-state index in [0.29, 0.717) is 36.3 Å². The molecule has 4 amide bonds. The number of carbonyl (C=O) groups excluding carboxylic acids is 4. The number of hydrogen-bond donors (Lipinski definition) is 4. The minimum Gasteiger partial charge on any atom is -0.496 e. The molecule has 11 heteroatoms. The number of rotatable bonds is 11. The van der Waals surface area contributed by atoms with Crippen LogP contribution in [-0.2, 0) is 32.0 Å². The lowest BCUT2D eigenvalue weighted by Gasteiger charge is -2.33. The average Bonchev–Trinajstić information content (AvgIpc) is 3.55. The van der Waals surface area contributed by atoms with E-state index in [4.69, 9.17) is 9.47 Å². The van der Waals surface area contributed by atoms with Gasteiger partial charge in [-0.25, -0.2) is 0 Å². The molecule has 0 aromatic heterocycles. The van der Waals surface area contributed by atoms with Crippen LogP contribution in [0.3, 0.4) is 0 Å². The van der Waals surface area contributed by atoms with E-state index in [0.717, 1.165) is 11.1 Å². The Bertz CT molecular complexity index is 1670. The first-order chi connectivity index (χ1) is 24.2. The molecule has 5 rings (SSSR count). The summed E-state index contributed by atoms with van der Waals surface area (Å²) < 4.78 is 12.0. The Hall–Kier alpha value is -5.16. The fraction of sp³-hybridized carbons (Fsp3) is 0.385. The molecule has 2 aliphatic rings. The van der Waals surface area contributed by atoms with Crippen molar-refractivity contribution in [2.75, 3.05) is 20.7 Å². The average molecular weight is 682 g/mol. The Morgan fingerprint density at radius 3 is 2.24 bits per heavy atom. The van der Waals surface area contributed by atoms with Crippen molar-refractivity contribution in [1.82, 2.24) is 26.2 Å². The zero-order chi connectivity index (χ0) is 35.6. The second kappa shape index (κ2) is 17.0. The summed E-state index contributed by atoms with van der Waals surface area (Å²) in [5.74, 6) is -0.753. The molecule has 1 saturated heterocycles. The van der Waals surface area contributed by atoms with Crippen molar-refractivity contribution in [2.45, 2.75) is 69.8 Å². The molecule has 6 atom stereocenters. The van der Waals surface area contributed by atoms with Crippen molar-refractivity contribution < 1.29 is 28.7 Å². The maximum absolute atomic E-state index is 14.6. The molecule has 0 saturated carbocycles. The number of fused-ring (bicyclic) bond motifs is 3. The summed E-state index contributed by atoms with van der Waals surface area (Å²) in [5.41, 5.74) is 2.50. The van der Waals surface area contributed by atoms with Gasteiger partial charge in [-0.15, -0.1) is 0 Å². The van der Waals surface area contributed by atoms with Crippen molar-refractivity contribution in [3.05, 3.63) is 102 Å². The van der Waals surface area contributed by atoms with Crippen LogP contribution < -0.4 is 30.7 Å². The number of likely N-dealkylation sites (N-methyl/N-ethyl adjacent to an activating group) is 1. The molecule has 0 radical (unpaired) electrons. The molecule has 0 aliphatic carbocycles. The first-order valence-corrected chi connectivity index (χ1v) is 17.2. The highest BCUT2D eigenvalue weighted by atomic mass is 16.5. The number of carbonyl (C=O) groups is 4. The number of nitrogens with one attached hydrogen (secondary N) is 4. The van der Waals surface area contributed by atoms with E-state index in [1.807, 2.05) is 74.5 Å². The van der Waals surface area contributed by atoms with Crippen LogP contribution in [-0.4, -0.2) is 79.5 Å². The van der Waals surface area contributed by atoms with Gasteiger partial charge in [0.2, 0.25) is 23.6 Å². The summed E-state index contributed by atoms with van der Waals surface area (Å²) in [6, 6.07) is 20.9. The summed E-state index contributed by atoms with van der Waals surface area (Å²) in [6.07, 6.45) is 4.15. The van der Waals surface area contributed by atoms with Gasteiger partial charge in [0.25, 0.3) is 0 Å². The summed E-state index contributed by atoms with van der Waals surface area (Å²) in [5, 5.41) is 11.8. The fourth-order valence-electron chi connectivity index (χ4n) is 6.48. The Morgan fingerprint density at radius 1 is 0.960 bits per heavy atom. The van der Waals surface area contributed by atoms with Gasteiger partial charge in [0.15, 0.2) is 0 Å². The smallest absolute Gasteiger partial charge is 0.247 e. The van der Waals surface area contributed by atoms with E-state index in [2.05, 4.69) is 21.3 Å². The molecular formula is C39H47N5O6. The number of amides is 4. The number of likely N-dealkylation sites (tertiary alicyclic amines) is 1. The second-order valence-electron chi connectivity index (χ2n) is 12.8. The minimum atomic E-state index is -1.07. The molecule has 3 aromatic carbocycles. The Morgan fingerprint density at radius 2 is 1.62 bits per heavy atom. The SMILES string of the molecule is CCC(C)C1NC(=O)C2C(CCN2C(=O)C(Cc2ccccc2)NC(=O)C(Cc2ccccc2)NC)Oc2ccc(OC)c(c2)/C=C/NC1=O. The monoisotopic (exact) mass is 681 g/mol. The first kappa shape index (κ1) is 36.1. The number of benzene rings is 3. The molecule has 2 heterocycles. The van der Waals surface area contributed by atoms with Crippen molar-refractivity contribution in [3.63, 3.8) is 0 Å². The van der Waals surface area contributed by atoms with Gasteiger partial charge in [-0.2, -0.15) is 0 Å². The largest absolute Gasteiger partial charge is 0.496 e. The van der Waals surface area contributed by atoms with Crippen LogP contribution in [0.1, 0.15) is 43.4 Å². The van der Waals surface area contributed by atoms with Crippen LogP contribution in [0.2, 0.25) is 0 Å². The summed E-state index contributed by atoms with van der Waals surface area (Å²) in [4.78, 5) is 57.6. The van der Waals surface area contributed by atoms with Gasteiger partial charge in [0.05, 0.1) is 13.2 Å². The van der Waals surface area contributed by atoms with Gasteiger partial charge in [0, 0.05) is 31.1 Å². The molecule has 1 fully saturated rings. The topological polar surface area (TPSA) is 138 Å². The molecular weight excluding hydrogens is 634 g/mol. The molecule has 6 unspecified atom stereocenters. The van der Waals surface area contributed by atoms with E-state index in [-0.39, 0.29) is 30.7 Å². The maximum Gasteiger partial charge on any atom is 0.247 e. The molecule has 2 aliphatic heterocycles. The van der Waals surface area contributed by atoms with Gasteiger partial charge in [-0.1, -0.05) is 80.9 Å². The standard InChI is InChI=1S/C39H47N5O6/c1-5-25(2)34-37(46)41-20-18-28-24-29(16-17-32(28)49-4)50-33-19-21-44(35(33)38(47)43-34)39(48)31(23-27-14-10-7-11-15-27)42-36(45)30(40-3)22-26-12-8-6-9-13-26/h6-18,20,24-25,30-31,33-35,40H,5,19,21-23H2,1-4H3,(H,41,46)(H,42,45)(H,43,47)/b20-18+. The number of methoxy groups -OCH3 is 1. The van der Waals surface area contributed by atoms with Gasteiger partial charge in [0.1, 0.15) is 35.7 Å². The highest BCUT2D eigenvalue weighted by Crippen LogP contribution is 2.30. The molecule has 0 spiro atoms. The zero-order valence-corrected chi connectivity index (χ0v) is 29.1. The van der Waals surface area contributed by atoms with Crippen molar-refractivity contribution >= 4 is 29.7 Å². The van der Waals surface area contributed by atoms with Gasteiger partial charge in [-0.05, 0) is 54.8 Å². The molecule has 11 nitrogen and oxygen atoms in total. The first-order valence-electron chi connectivity index (χ1n) is 17.2. The van der Waals surface area contributed by atoms with Crippen LogP contribution in [0.15, 0.2) is 85.1 Å². The van der Waals surface area contributed by atoms with E-state index in [9.17, 15) is 19.2 Å². The Balaban J connectivity index is 1.48. The Labute approximate surface area is 293 Å². The molecule has 4 N–H and O–H groups in total. The predicted octanol–water partition coefficient (Wildman–Crippen LogP) is 3.23. The highest BCUT2D eigenvalue weighted by Gasteiger charge is 2.46. The number of hydrogen-bond acceptors (Lipinski definition) is 7. The van der Waals surface area contributed by atoms with Gasteiger partial charge < -0.3 is 35.6 Å². The number of nitrogens with zero attached hydrogens (tertiary/aromatic N) is 1. The molecule has 264 valence electrons. The highest BCUT2D eigenvalue weighted by molar-refractivity contribution is 5.96. The van der Waals surface area contributed by atoms with Crippen molar-refractivity contribution in [3.8, 4) is 11.5 Å². The summed E-state index contributed by atoms with van der Waals surface area (Å²) in [6.45, 7) is 4.05. The second-order valence-corrected chi connectivity index (χ2v) is 12.8. The lowest BCUT2D eigenvalue weighted by molar-refractivity contribution is -0.144. The van der Waals surface area contributed by atoms with Crippen molar-refractivity contribution in [1.29, 1.82) is 0 Å². The molecule has 50 heavy (non-hydrogen) atoms. The van der Waals surface area contributed by atoms with Crippen LogP contribution in [0, 0.1) is 5.92 Å². The summed E-state index contributed by atoms with van der Waals surface area (Å²) in [7, 11) is 3.27. The van der Waals surface area contributed by atoms with E-state index >= 15 is 0 Å². The van der Waals surface area contributed by atoms with Gasteiger partial charge >= 0.3 is 0 Å². The van der Waals surface area contributed by atoms with E-state index in [1.165, 1.54) is 11.1 Å². The van der Waals surface area contributed by atoms with Crippen LogP contribution >= 0.6 is 0 Å². The molecule has 2 bridgehead atoms. The maximum atomic E-state index is 14.6. The van der Waals surface area contributed by atoms with E-state index < -0.39 is 42.1 Å². The lowest BCUT2D eigenvalue weighted by Crippen LogP contribution is -2.60. The molecule has 3 aromatic rings. The van der Waals surface area contributed by atoms with Crippen molar-refractivity contribution in [2.24, 2.45) is 5.92 Å². The van der Waals surface area contributed by atoms with Gasteiger partial charge in [-0.3, -0.25) is 19.2 Å². The third-order valence-electron chi connectivity index (χ3n) is 9.51. The summed E-state index contributed by atoms with van der Waals surface area (Å²) >= 11 is 0.